The Hall–Kier alpha value is -0.163. The van der Waals surface area contributed by atoms with E-state index >= 15 is 0 Å². The summed E-state index contributed by atoms with van der Waals surface area (Å²) >= 11 is 3.51. The van der Waals surface area contributed by atoms with Crippen LogP contribution in [-0.2, 0) is 15.3 Å². The first kappa shape index (κ1) is 16.9. The van der Waals surface area contributed by atoms with Gasteiger partial charge >= 0.3 is 9.28 Å². The van der Waals surface area contributed by atoms with E-state index in [0.29, 0.717) is 0 Å². The van der Waals surface area contributed by atoms with Crippen molar-refractivity contribution in [2.45, 2.75) is 45.6 Å². The van der Waals surface area contributed by atoms with E-state index in [2.05, 4.69) is 54.0 Å². The summed E-state index contributed by atoms with van der Waals surface area (Å²) in [5, 5.41) is 0. The lowest BCUT2D eigenvalue weighted by atomic mass is 10.1. The van der Waals surface area contributed by atoms with E-state index in [0.717, 1.165) is 49.4 Å². The van der Waals surface area contributed by atoms with E-state index in [-0.39, 0.29) is 0 Å². The molecule has 1 rings (SSSR count). The summed E-state index contributed by atoms with van der Waals surface area (Å²) in [7, 11) is -1.43. The molecule has 0 amide bonds. The van der Waals surface area contributed by atoms with Gasteiger partial charge in [-0.2, -0.15) is 0 Å². The zero-order valence-electron chi connectivity index (χ0n) is 12.0. The maximum atomic E-state index is 5.86. The van der Waals surface area contributed by atoms with Crippen molar-refractivity contribution in [3.05, 3.63) is 34.3 Å². The molecular weight excluding hydrogens is 320 g/mol. The van der Waals surface area contributed by atoms with Gasteiger partial charge in [0.05, 0.1) is 0 Å². The van der Waals surface area contributed by atoms with Crippen LogP contribution in [0.3, 0.4) is 0 Å². The van der Waals surface area contributed by atoms with Crippen LogP contribution in [-0.4, -0.2) is 22.5 Å². The largest absolute Gasteiger partial charge is 0.397 e. The third-order valence-corrected chi connectivity index (χ3v) is 5.40. The SMILES string of the molecule is CCCO[SiH](CCCc1cccc(Br)c1)OCCC. The topological polar surface area (TPSA) is 18.5 Å². The van der Waals surface area contributed by atoms with Crippen LogP contribution in [0.1, 0.15) is 38.7 Å². The molecule has 0 aromatic heterocycles. The minimum absolute atomic E-state index is 0.845. The van der Waals surface area contributed by atoms with E-state index in [9.17, 15) is 0 Å². The van der Waals surface area contributed by atoms with E-state index < -0.39 is 9.28 Å². The molecule has 2 nitrogen and oxygen atoms in total. The molecule has 0 heterocycles. The molecule has 0 saturated carbocycles. The lowest BCUT2D eigenvalue weighted by molar-refractivity contribution is 0.196. The molecule has 19 heavy (non-hydrogen) atoms. The average Bonchev–Trinajstić information content (AvgIpc) is 2.41. The Morgan fingerprint density at radius 2 is 1.79 bits per heavy atom. The maximum Gasteiger partial charge on any atom is 0.321 e. The Kier molecular flexibility index (Phi) is 9.43. The molecule has 0 atom stereocenters. The van der Waals surface area contributed by atoms with Crippen molar-refractivity contribution in [3.8, 4) is 0 Å². The van der Waals surface area contributed by atoms with E-state index in [1.807, 2.05) is 0 Å². The molecule has 1 aromatic rings. The number of halogens is 1. The van der Waals surface area contributed by atoms with Gasteiger partial charge in [-0.15, -0.1) is 0 Å². The Morgan fingerprint density at radius 3 is 2.37 bits per heavy atom. The van der Waals surface area contributed by atoms with Gasteiger partial charge in [-0.25, -0.2) is 0 Å². The van der Waals surface area contributed by atoms with Gasteiger partial charge in [0.2, 0.25) is 0 Å². The summed E-state index contributed by atoms with van der Waals surface area (Å²) in [6.45, 7) is 5.98. The second-order valence-electron chi connectivity index (χ2n) is 4.69. The second kappa shape index (κ2) is 10.6. The van der Waals surface area contributed by atoms with E-state index in [1.165, 1.54) is 5.56 Å². The minimum Gasteiger partial charge on any atom is -0.397 e. The lowest BCUT2D eigenvalue weighted by Crippen LogP contribution is -2.24. The predicted molar refractivity (Wildman–Crippen MR) is 86.9 cm³/mol. The predicted octanol–water partition coefficient (Wildman–Crippen LogP) is 4.46. The molecule has 0 aliphatic heterocycles. The molecule has 108 valence electrons. The monoisotopic (exact) mass is 344 g/mol. The Balaban J connectivity index is 2.29. The minimum atomic E-state index is -1.43. The summed E-state index contributed by atoms with van der Waals surface area (Å²) < 4.78 is 12.9. The third-order valence-electron chi connectivity index (χ3n) is 2.81. The first-order valence-corrected chi connectivity index (χ1v) is 9.79. The fourth-order valence-electron chi connectivity index (χ4n) is 1.88. The second-order valence-corrected chi connectivity index (χ2v) is 7.71. The molecule has 0 fully saturated rings. The van der Waals surface area contributed by atoms with Crippen molar-refractivity contribution in [2.75, 3.05) is 13.2 Å². The van der Waals surface area contributed by atoms with Crippen molar-refractivity contribution in [1.29, 1.82) is 0 Å². The van der Waals surface area contributed by atoms with Crippen molar-refractivity contribution in [1.82, 2.24) is 0 Å². The van der Waals surface area contributed by atoms with Crippen LogP contribution in [0.5, 0.6) is 0 Å². The summed E-state index contributed by atoms with van der Waals surface area (Å²) in [4.78, 5) is 0. The molecule has 0 unspecified atom stereocenters. The Labute approximate surface area is 127 Å². The smallest absolute Gasteiger partial charge is 0.321 e. The highest BCUT2D eigenvalue weighted by Gasteiger charge is 2.12. The van der Waals surface area contributed by atoms with Crippen LogP contribution in [0.2, 0.25) is 6.04 Å². The quantitative estimate of drug-likeness (QED) is 0.583. The number of hydrogen-bond acceptors (Lipinski definition) is 2. The van der Waals surface area contributed by atoms with Crippen molar-refractivity contribution < 1.29 is 8.85 Å². The maximum absolute atomic E-state index is 5.86. The molecule has 0 bridgehead atoms. The average molecular weight is 345 g/mol. The molecular formula is C15H25BrO2Si. The van der Waals surface area contributed by atoms with Crippen LogP contribution >= 0.6 is 15.9 Å². The number of hydrogen-bond donors (Lipinski definition) is 0. The zero-order chi connectivity index (χ0) is 13.9. The van der Waals surface area contributed by atoms with Gasteiger partial charge in [-0.3, -0.25) is 0 Å². The molecule has 0 aliphatic carbocycles. The van der Waals surface area contributed by atoms with Crippen molar-refractivity contribution in [3.63, 3.8) is 0 Å². The van der Waals surface area contributed by atoms with Gasteiger partial charge in [-0.05, 0) is 49.4 Å². The van der Waals surface area contributed by atoms with Crippen LogP contribution in [0.25, 0.3) is 0 Å². The van der Waals surface area contributed by atoms with E-state index in [4.69, 9.17) is 8.85 Å². The van der Waals surface area contributed by atoms with E-state index in [1.54, 1.807) is 0 Å². The molecule has 0 aliphatic rings. The highest BCUT2D eigenvalue weighted by atomic mass is 79.9. The van der Waals surface area contributed by atoms with Gasteiger partial charge in [0.15, 0.2) is 0 Å². The van der Waals surface area contributed by atoms with Crippen LogP contribution in [0, 0.1) is 0 Å². The lowest BCUT2D eigenvalue weighted by Gasteiger charge is -2.16. The first-order chi connectivity index (χ1) is 9.26. The summed E-state index contributed by atoms with van der Waals surface area (Å²) in [5.41, 5.74) is 1.38. The van der Waals surface area contributed by atoms with Crippen LogP contribution in [0.15, 0.2) is 28.7 Å². The molecule has 0 saturated heterocycles. The standard InChI is InChI=1S/C15H25BrO2Si/c1-3-10-17-19(18-11-4-2)12-6-8-14-7-5-9-15(16)13-14/h5,7,9,13,19H,3-4,6,8,10-12H2,1-2H3. The summed E-state index contributed by atoms with van der Waals surface area (Å²) in [6.07, 6.45) is 4.41. The molecule has 4 heteroatoms. The van der Waals surface area contributed by atoms with Gasteiger partial charge < -0.3 is 8.85 Å². The number of rotatable bonds is 10. The molecule has 1 aromatic carbocycles. The normalized spacial score (nSPS) is 11.2. The number of aryl methyl sites for hydroxylation is 1. The number of benzene rings is 1. The summed E-state index contributed by atoms with van der Waals surface area (Å²) in [6, 6.07) is 9.63. The fourth-order valence-corrected chi connectivity index (χ4v) is 4.29. The summed E-state index contributed by atoms with van der Waals surface area (Å²) in [5.74, 6) is 0. The first-order valence-electron chi connectivity index (χ1n) is 7.24. The van der Waals surface area contributed by atoms with Crippen molar-refractivity contribution in [2.24, 2.45) is 0 Å². The van der Waals surface area contributed by atoms with Gasteiger partial charge in [0.25, 0.3) is 0 Å². The van der Waals surface area contributed by atoms with Gasteiger partial charge in [0.1, 0.15) is 0 Å². The highest BCUT2D eigenvalue weighted by Crippen LogP contribution is 2.14. The van der Waals surface area contributed by atoms with Gasteiger partial charge in [0, 0.05) is 17.7 Å². The Bertz CT molecular complexity index is 339. The van der Waals surface area contributed by atoms with Crippen molar-refractivity contribution >= 4 is 25.2 Å². The molecule has 0 spiro atoms. The highest BCUT2D eigenvalue weighted by molar-refractivity contribution is 9.10. The van der Waals surface area contributed by atoms with Gasteiger partial charge in [-0.1, -0.05) is 41.9 Å². The zero-order valence-corrected chi connectivity index (χ0v) is 14.8. The van der Waals surface area contributed by atoms with Crippen LogP contribution in [0.4, 0.5) is 0 Å². The Morgan fingerprint density at radius 1 is 1.11 bits per heavy atom. The molecule has 0 N–H and O–H groups in total. The third kappa shape index (κ3) is 7.87. The fraction of sp³-hybridized carbons (Fsp3) is 0.600. The molecule has 0 radical (unpaired) electrons. The van der Waals surface area contributed by atoms with Crippen LogP contribution < -0.4 is 0 Å².